The Morgan fingerprint density at radius 1 is 1.53 bits per heavy atom. The third kappa shape index (κ3) is 2.05. The van der Waals surface area contributed by atoms with Crippen LogP contribution >= 0.6 is 11.3 Å². The molecule has 0 fully saturated rings. The summed E-state index contributed by atoms with van der Waals surface area (Å²) in [6.45, 7) is 3.91. The molecule has 2 aromatic heterocycles. The Morgan fingerprint density at radius 2 is 2.33 bits per heavy atom. The number of thiazole rings is 1. The van der Waals surface area contributed by atoms with E-state index < -0.39 is 0 Å². The highest BCUT2D eigenvalue weighted by Gasteiger charge is 2.14. The molecule has 0 saturated carbocycles. The Morgan fingerprint density at radius 3 is 2.93 bits per heavy atom. The Hall–Kier alpha value is -1.27. The molecule has 0 aliphatic heterocycles. The van der Waals surface area contributed by atoms with Crippen molar-refractivity contribution in [3.05, 3.63) is 17.1 Å². The van der Waals surface area contributed by atoms with Crippen molar-refractivity contribution in [2.45, 2.75) is 26.3 Å². The molecule has 2 aromatic rings. The molecule has 0 saturated heterocycles. The van der Waals surface area contributed by atoms with E-state index >= 15 is 0 Å². The van der Waals surface area contributed by atoms with Crippen LogP contribution in [0.25, 0.3) is 10.8 Å². The molecule has 0 bridgehead atoms. The van der Waals surface area contributed by atoms with E-state index in [4.69, 9.17) is 10.2 Å². The number of hydrogen-bond acceptors (Lipinski definition) is 6. The van der Waals surface area contributed by atoms with Gasteiger partial charge in [0.25, 0.3) is 5.89 Å². The number of aromatic nitrogens is 3. The molecule has 2 N–H and O–H groups in total. The van der Waals surface area contributed by atoms with E-state index in [2.05, 4.69) is 15.2 Å². The summed E-state index contributed by atoms with van der Waals surface area (Å²) in [4.78, 5) is 5.01. The lowest BCUT2D eigenvalue weighted by atomic mass is 10.2. The molecule has 0 aromatic carbocycles. The monoisotopic (exact) mass is 224 g/mol. The zero-order valence-corrected chi connectivity index (χ0v) is 9.41. The minimum Gasteiger partial charge on any atom is -0.418 e. The number of nitrogens with two attached hydrogens (primary N) is 1. The van der Waals surface area contributed by atoms with Crippen LogP contribution in [0.15, 0.2) is 10.6 Å². The summed E-state index contributed by atoms with van der Waals surface area (Å²) in [5.41, 5.74) is 5.78. The highest BCUT2D eigenvalue weighted by Crippen LogP contribution is 2.25. The molecule has 0 aliphatic carbocycles. The van der Waals surface area contributed by atoms with Crippen LogP contribution in [0.3, 0.4) is 0 Å². The van der Waals surface area contributed by atoms with Crippen LogP contribution in [0, 0.1) is 6.92 Å². The molecule has 0 aliphatic rings. The lowest BCUT2D eigenvalue weighted by Crippen LogP contribution is -2.08. The van der Waals surface area contributed by atoms with Crippen LogP contribution in [0.2, 0.25) is 0 Å². The summed E-state index contributed by atoms with van der Waals surface area (Å²) < 4.78 is 5.46. The van der Waals surface area contributed by atoms with Crippen LogP contribution < -0.4 is 5.73 Å². The van der Waals surface area contributed by atoms with E-state index in [0.717, 1.165) is 16.3 Å². The SMILES string of the molecule is CCC(N)c1nnc(-c2cnc(C)s2)o1. The van der Waals surface area contributed by atoms with Gasteiger partial charge < -0.3 is 10.2 Å². The van der Waals surface area contributed by atoms with Gasteiger partial charge in [0.05, 0.1) is 17.2 Å². The second-order valence-electron chi connectivity index (χ2n) is 3.20. The van der Waals surface area contributed by atoms with E-state index in [9.17, 15) is 0 Å². The molecular formula is C9H12N4OS. The fourth-order valence-electron chi connectivity index (χ4n) is 1.12. The van der Waals surface area contributed by atoms with Crippen molar-refractivity contribution in [3.63, 3.8) is 0 Å². The van der Waals surface area contributed by atoms with Gasteiger partial charge in [-0.25, -0.2) is 4.98 Å². The highest BCUT2D eigenvalue weighted by atomic mass is 32.1. The third-order valence-electron chi connectivity index (χ3n) is 2.03. The molecular weight excluding hydrogens is 212 g/mol. The molecule has 15 heavy (non-hydrogen) atoms. The zero-order valence-electron chi connectivity index (χ0n) is 8.60. The zero-order chi connectivity index (χ0) is 10.8. The van der Waals surface area contributed by atoms with Crippen molar-refractivity contribution in [1.29, 1.82) is 0 Å². The Balaban J connectivity index is 2.27. The van der Waals surface area contributed by atoms with Crippen molar-refractivity contribution in [2.75, 3.05) is 0 Å². The second-order valence-corrected chi connectivity index (χ2v) is 4.44. The number of aryl methyl sites for hydroxylation is 1. The van der Waals surface area contributed by atoms with Crippen LogP contribution in [0.1, 0.15) is 30.3 Å². The maximum Gasteiger partial charge on any atom is 0.259 e. The first kappa shape index (κ1) is 10.3. The number of nitrogens with zero attached hydrogens (tertiary/aromatic N) is 3. The van der Waals surface area contributed by atoms with Gasteiger partial charge in [-0.05, 0) is 13.3 Å². The molecule has 80 valence electrons. The van der Waals surface area contributed by atoms with Crippen LogP contribution in [0.5, 0.6) is 0 Å². The fraction of sp³-hybridized carbons (Fsp3) is 0.444. The summed E-state index contributed by atoms with van der Waals surface area (Å²) in [6.07, 6.45) is 2.51. The average molecular weight is 224 g/mol. The summed E-state index contributed by atoms with van der Waals surface area (Å²) in [5.74, 6) is 0.984. The van der Waals surface area contributed by atoms with Crippen LogP contribution in [0.4, 0.5) is 0 Å². The van der Waals surface area contributed by atoms with Crippen molar-refractivity contribution >= 4 is 11.3 Å². The maximum atomic E-state index is 5.78. The van der Waals surface area contributed by atoms with E-state index in [1.54, 1.807) is 6.20 Å². The molecule has 0 radical (unpaired) electrons. The molecule has 0 spiro atoms. The predicted molar refractivity (Wildman–Crippen MR) is 57.4 cm³/mol. The smallest absolute Gasteiger partial charge is 0.259 e. The molecule has 5 nitrogen and oxygen atoms in total. The Bertz CT molecular complexity index is 450. The maximum absolute atomic E-state index is 5.78. The summed E-state index contributed by atoms with van der Waals surface area (Å²) >= 11 is 1.53. The van der Waals surface area contributed by atoms with Gasteiger partial charge in [0, 0.05) is 0 Å². The van der Waals surface area contributed by atoms with Crippen LogP contribution in [-0.2, 0) is 0 Å². The fourth-order valence-corrected chi connectivity index (χ4v) is 1.82. The summed E-state index contributed by atoms with van der Waals surface area (Å²) in [7, 11) is 0. The topological polar surface area (TPSA) is 77.8 Å². The average Bonchev–Trinajstić information content (AvgIpc) is 2.84. The van der Waals surface area contributed by atoms with Crippen molar-refractivity contribution < 1.29 is 4.42 Å². The molecule has 2 heterocycles. The lowest BCUT2D eigenvalue weighted by Gasteiger charge is -1.99. The van der Waals surface area contributed by atoms with Gasteiger partial charge in [-0.3, -0.25) is 0 Å². The van der Waals surface area contributed by atoms with Crippen molar-refractivity contribution in [1.82, 2.24) is 15.2 Å². The van der Waals surface area contributed by atoms with Gasteiger partial charge in [0.15, 0.2) is 0 Å². The Labute approximate surface area is 91.4 Å². The predicted octanol–water partition coefficient (Wildman–Crippen LogP) is 1.91. The first-order valence-corrected chi connectivity index (χ1v) is 5.54. The van der Waals surface area contributed by atoms with E-state index in [1.807, 2.05) is 13.8 Å². The molecule has 6 heteroatoms. The third-order valence-corrected chi connectivity index (χ3v) is 2.93. The molecule has 2 rings (SSSR count). The first-order valence-electron chi connectivity index (χ1n) is 4.72. The van der Waals surface area contributed by atoms with Crippen molar-refractivity contribution in [3.8, 4) is 10.8 Å². The van der Waals surface area contributed by atoms with Gasteiger partial charge >= 0.3 is 0 Å². The molecule has 1 unspecified atom stereocenters. The van der Waals surface area contributed by atoms with E-state index in [0.29, 0.717) is 11.8 Å². The van der Waals surface area contributed by atoms with E-state index in [1.165, 1.54) is 11.3 Å². The largest absolute Gasteiger partial charge is 0.418 e. The summed E-state index contributed by atoms with van der Waals surface area (Å²) in [5, 5.41) is 8.83. The molecule has 0 amide bonds. The normalized spacial score (nSPS) is 13.0. The van der Waals surface area contributed by atoms with Gasteiger partial charge in [0.2, 0.25) is 5.89 Å². The number of rotatable bonds is 3. The lowest BCUT2D eigenvalue weighted by molar-refractivity contribution is 0.453. The van der Waals surface area contributed by atoms with Gasteiger partial charge in [-0.1, -0.05) is 6.92 Å². The highest BCUT2D eigenvalue weighted by molar-refractivity contribution is 7.14. The Kier molecular flexibility index (Phi) is 2.79. The summed E-state index contributed by atoms with van der Waals surface area (Å²) in [6, 6.07) is -0.180. The first-order chi connectivity index (χ1) is 7.20. The second kappa shape index (κ2) is 4.08. The van der Waals surface area contributed by atoms with E-state index in [-0.39, 0.29) is 6.04 Å². The minimum absolute atomic E-state index is 0.180. The van der Waals surface area contributed by atoms with Crippen LogP contribution in [-0.4, -0.2) is 15.2 Å². The molecule has 1 atom stereocenters. The van der Waals surface area contributed by atoms with Gasteiger partial charge in [-0.2, -0.15) is 0 Å². The minimum atomic E-state index is -0.180. The van der Waals surface area contributed by atoms with Gasteiger partial charge in [0.1, 0.15) is 4.88 Å². The standard InChI is InChI=1S/C9H12N4OS/c1-3-6(10)8-12-13-9(14-8)7-4-11-5(2)15-7/h4,6H,3,10H2,1-2H3. The quantitative estimate of drug-likeness (QED) is 0.861. The van der Waals surface area contributed by atoms with Crippen molar-refractivity contribution in [2.24, 2.45) is 5.73 Å². The van der Waals surface area contributed by atoms with Gasteiger partial charge in [-0.15, -0.1) is 21.5 Å². The number of hydrogen-bond donors (Lipinski definition) is 1.